The van der Waals surface area contributed by atoms with E-state index in [9.17, 15) is 5.11 Å². The largest absolute Gasteiger partial charge is 0.388 e. The third-order valence-corrected chi connectivity index (χ3v) is 2.47. The quantitative estimate of drug-likeness (QED) is 0.757. The summed E-state index contributed by atoms with van der Waals surface area (Å²) in [6, 6.07) is 8.34. The monoisotopic (exact) mass is 192 g/mol. The SMILES string of the molecule is CCCc1ccc([C@H](O)CCC)cc1. The Labute approximate surface area is 86.8 Å². The molecule has 0 fully saturated rings. The van der Waals surface area contributed by atoms with Gasteiger partial charge in [-0.3, -0.25) is 0 Å². The van der Waals surface area contributed by atoms with E-state index in [1.54, 1.807) is 0 Å². The minimum absolute atomic E-state index is 0.282. The lowest BCUT2D eigenvalue weighted by Crippen LogP contribution is -1.96. The van der Waals surface area contributed by atoms with E-state index in [0.717, 1.165) is 24.8 Å². The summed E-state index contributed by atoms with van der Waals surface area (Å²) in [7, 11) is 0. The van der Waals surface area contributed by atoms with Crippen molar-refractivity contribution in [1.82, 2.24) is 0 Å². The smallest absolute Gasteiger partial charge is 0.0790 e. The molecule has 0 aromatic heterocycles. The first kappa shape index (κ1) is 11.3. The number of hydrogen-bond donors (Lipinski definition) is 1. The van der Waals surface area contributed by atoms with Gasteiger partial charge in [-0.25, -0.2) is 0 Å². The van der Waals surface area contributed by atoms with E-state index in [2.05, 4.69) is 26.0 Å². The van der Waals surface area contributed by atoms with Crippen molar-refractivity contribution in [3.05, 3.63) is 35.4 Å². The van der Waals surface area contributed by atoms with Gasteiger partial charge in [-0.1, -0.05) is 51.0 Å². The summed E-state index contributed by atoms with van der Waals surface area (Å²) in [5.74, 6) is 0. The zero-order valence-electron chi connectivity index (χ0n) is 9.16. The summed E-state index contributed by atoms with van der Waals surface area (Å²) < 4.78 is 0. The van der Waals surface area contributed by atoms with Crippen LogP contribution in [0.2, 0.25) is 0 Å². The van der Waals surface area contributed by atoms with Gasteiger partial charge in [0.05, 0.1) is 6.10 Å². The topological polar surface area (TPSA) is 20.2 Å². The Hall–Kier alpha value is -0.820. The number of aliphatic hydroxyl groups is 1. The Kier molecular flexibility index (Phi) is 4.68. The molecule has 0 spiro atoms. The van der Waals surface area contributed by atoms with Crippen molar-refractivity contribution >= 4 is 0 Å². The molecule has 0 radical (unpaired) electrons. The molecule has 1 aromatic rings. The molecule has 1 atom stereocenters. The van der Waals surface area contributed by atoms with E-state index in [0.29, 0.717) is 0 Å². The van der Waals surface area contributed by atoms with Crippen molar-refractivity contribution in [3.63, 3.8) is 0 Å². The fourth-order valence-corrected chi connectivity index (χ4v) is 1.64. The highest BCUT2D eigenvalue weighted by Gasteiger charge is 2.04. The van der Waals surface area contributed by atoms with Crippen LogP contribution in [0.1, 0.15) is 50.3 Å². The van der Waals surface area contributed by atoms with Crippen LogP contribution in [0.5, 0.6) is 0 Å². The summed E-state index contributed by atoms with van der Waals surface area (Å²) in [6.07, 6.45) is 3.90. The fourth-order valence-electron chi connectivity index (χ4n) is 1.64. The van der Waals surface area contributed by atoms with Crippen LogP contribution in [0.25, 0.3) is 0 Å². The van der Waals surface area contributed by atoms with Gasteiger partial charge in [-0.2, -0.15) is 0 Å². The van der Waals surface area contributed by atoms with Crippen LogP contribution < -0.4 is 0 Å². The van der Waals surface area contributed by atoms with Crippen molar-refractivity contribution in [2.75, 3.05) is 0 Å². The molecule has 0 unspecified atom stereocenters. The lowest BCUT2D eigenvalue weighted by Gasteiger charge is -2.09. The summed E-state index contributed by atoms with van der Waals surface area (Å²) in [4.78, 5) is 0. The van der Waals surface area contributed by atoms with Crippen LogP contribution in [0.4, 0.5) is 0 Å². The van der Waals surface area contributed by atoms with E-state index in [1.165, 1.54) is 12.0 Å². The number of benzene rings is 1. The van der Waals surface area contributed by atoms with Crippen molar-refractivity contribution in [1.29, 1.82) is 0 Å². The highest BCUT2D eigenvalue weighted by molar-refractivity contribution is 5.24. The molecular weight excluding hydrogens is 172 g/mol. The van der Waals surface area contributed by atoms with E-state index in [-0.39, 0.29) is 6.10 Å². The average molecular weight is 192 g/mol. The number of aryl methyl sites for hydroxylation is 1. The summed E-state index contributed by atoms with van der Waals surface area (Å²) in [5, 5.41) is 9.74. The molecule has 0 aliphatic rings. The first-order chi connectivity index (χ1) is 6.77. The molecule has 0 aliphatic carbocycles. The first-order valence-electron chi connectivity index (χ1n) is 5.54. The molecule has 78 valence electrons. The van der Waals surface area contributed by atoms with Gasteiger partial charge in [-0.05, 0) is 24.0 Å². The van der Waals surface area contributed by atoms with Gasteiger partial charge < -0.3 is 5.11 Å². The molecule has 1 N–H and O–H groups in total. The Morgan fingerprint density at radius 1 is 1.07 bits per heavy atom. The molecule has 14 heavy (non-hydrogen) atoms. The second-order valence-electron chi connectivity index (χ2n) is 3.80. The van der Waals surface area contributed by atoms with Crippen LogP contribution >= 0.6 is 0 Å². The Balaban J connectivity index is 2.62. The molecule has 0 saturated carbocycles. The van der Waals surface area contributed by atoms with Gasteiger partial charge >= 0.3 is 0 Å². The number of hydrogen-bond acceptors (Lipinski definition) is 1. The lowest BCUT2D eigenvalue weighted by atomic mass is 10.0. The van der Waals surface area contributed by atoms with Crippen LogP contribution in [-0.2, 0) is 6.42 Å². The zero-order valence-corrected chi connectivity index (χ0v) is 9.16. The molecule has 0 aliphatic heterocycles. The van der Waals surface area contributed by atoms with Gasteiger partial charge in [0.2, 0.25) is 0 Å². The molecule has 1 aromatic carbocycles. The normalized spacial score (nSPS) is 12.8. The van der Waals surface area contributed by atoms with E-state index >= 15 is 0 Å². The maximum absolute atomic E-state index is 9.74. The van der Waals surface area contributed by atoms with Crippen molar-refractivity contribution in [2.45, 2.75) is 45.6 Å². The standard InChI is InChI=1S/C13H20O/c1-3-5-11-7-9-12(10-8-11)13(14)6-4-2/h7-10,13-14H,3-6H2,1-2H3/t13-/m1/s1. The van der Waals surface area contributed by atoms with Gasteiger partial charge in [0, 0.05) is 0 Å². The average Bonchev–Trinajstić information content (AvgIpc) is 2.20. The van der Waals surface area contributed by atoms with Crippen molar-refractivity contribution in [2.24, 2.45) is 0 Å². The Morgan fingerprint density at radius 2 is 1.71 bits per heavy atom. The second-order valence-corrected chi connectivity index (χ2v) is 3.80. The maximum atomic E-state index is 9.74. The van der Waals surface area contributed by atoms with Gasteiger partial charge in [0.25, 0.3) is 0 Å². The molecule has 0 saturated heterocycles. The third-order valence-electron chi connectivity index (χ3n) is 2.47. The first-order valence-corrected chi connectivity index (χ1v) is 5.54. The summed E-state index contributed by atoms with van der Waals surface area (Å²) in [6.45, 7) is 4.27. The zero-order chi connectivity index (χ0) is 10.4. The minimum atomic E-state index is -0.282. The molecule has 1 heteroatoms. The summed E-state index contributed by atoms with van der Waals surface area (Å²) in [5.41, 5.74) is 2.41. The summed E-state index contributed by atoms with van der Waals surface area (Å²) >= 11 is 0. The number of aliphatic hydroxyl groups excluding tert-OH is 1. The van der Waals surface area contributed by atoms with Gasteiger partial charge in [0.15, 0.2) is 0 Å². The van der Waals surface area contributed by atoms with E-state index in [4.69, 9.17) is 0 Å². The second kappa shape index (κ2) is 5.82. The molecule has 1 rings (SSSR count). The van der Waals surface area contributed by atoms with Crippen LogP contribution in [-0.4, -0.2) is 5.11 Å². The van der Waals surface area contributed by atoms with Crippen LogP contribution in [0, 0.1) is 0 Å². The highest BCUT2D eigenvalue weighted by Crippen LogP contribution is 2.18. The molecule has 1 nitrogen and oxygen atoms in total. The van der Waals surface area contributed by atoms with Gasteiger partial charge in [0.1, 0.15) is 0 Å². The minimum Gasteiger partial charge on any atom is -0.388 e. The molecule has 0 heterocycles. The molecule has 0 amide bonds. The van der Waals surface area contributed by atoms with Crippen molar-refractivity contribution < 1.29 is 5.11 Å². The number of rotatable bonds is 5. The van der Waals surface area contributed by atoms with Crippen LogP contribution in [0.3, 0.4) is 0 Å². The Bertz CT molecular complexity index is 250. The lowest BCUT2D eigenvalue weighted by molar-refractivity contribution is 0.166. The van der Waals surface area contributed by atoms with Crippen LogP contribution in [0.15, 0.2) is 24.3 Å². The third kappa shape index (κ3) is 3.15. The van der Waals surface area contributed by atoms with E-state index in [1.807, 2.05) is 12.1 Å². The van der Waals surface area contributed by atoms with E-state index < -0.39 is 0 Å². The Morgan fingerprint density at radius 3 is 2.21 bits per heavy atom. The molecular formula is C13H20O. The van der Waals surface area contributed by atoms with Gasteiger partial charge in [-0.15, -0.1) is 0 Å². The fraction of sp³-hybridized carbons (Fsp3) is 0.538. The van der Waals surface area contributed by atoms with Crippen molar-refractivity contribution in [3.8, 4) is 0 Å². The predicted molar refractivity (Wildman–Crippen MR) is 60.3 cm³/mol. The highest BCUT2D eigenvalue weighted by atomic mass is 16.3. The maximum Gasteiger partial charge on any atom is 0.0790 e. The molecule has 0 bridgehead atoms. The predicted octanol–water partition coefficient (Wildman–Crippen LogP) is 3.47.